The zero-order chi connectivity index (χ0) is 14.1. The van der Waals surface area contributed by atoms with Crippen molar-refractivity contribution in [2.24, 2.45) is 5.92 Å². The van der Waals surface area contributed by atoms with Crippen LogP contribution in [-0.4, -0.2) is 53.4 Å². The second-order valence-corrected chi connectivity index (χ2v) is 5.85. The van der Waals surface area contributed by atoms with Crippen LogP contribution >= 0.6 is 0 Å². The Hall–Kier alpha value is -1.49. The first-order chi connectivity index (χ1) is 9.66. The molecule has 0 saturated carbocycles. The topological polar surface area (TPSA) is 36.4 Å². The van der Waals surface area contributed by atoms with Gasteiger partial charge in [0.1, 0.15) is 0 Å². The first kappa shape index (κ1) is 13.5. The fourth-order valence-corrected chi connectivity index (χ4v) is 3.56. The van der Waals surface area contributed by atoms with E-state index in [4.69, 9.17) is 0 Å². The van der Waals surface area contributed by atoms with Gasteiger partial charge in [-0.3, -0.25) is 9.78 Å². The molecule has 2 aliphatic rings. The lowest BCUT2D eigenvalue weighted by Crippen LogP contribution is -2.54. The molecule has 0 aliphatic carbocycles. The van der Waals surface area contributed by atoms with Crippen molar-refractivity contribution in [3.05, 3.63) is 29.8 Å². The Bertz CT molecular complexity index is 508. The quantitative estimate of drug-likeness (QED) is 0.785. The van der Waals surface area contributed by atoms with E-state index < -0.39 is 5.82 Å². The molecule has 0 spiro atoms. The van der Waals surface area contributed by atoms with E-state index in [1.807, 2.05) is 0 Å². The molecule has 3 heterocycles. The molecule has 2 aliphatic heterocycles. The lowest BCUT2D eigenvalue weighted by atomic mass is 9.84. The maximum atomic E-state index is 13.7. The lowest BCUT2D eigenvalue weighted by molar-refractivity contribution is 0.0314. The van der Waals surface area contributed by atoms with Gasteiger partial charge in [0.25, 0.3) is 5.91 Å². The molecule has 0 aromatic carbocycles. The van der Waals surface area contributed by atoms with Gasteiger partial charge in [0.15, 0.2) is 5.82 Å². The van der Waals surface area contributed by atoms with E-state index in [2.05, 4.69) is 16.9 Å². The van der Waals surface area contributed by atoms with Crippen LogP contribution in [0.3, 0.4) is 0 Å². The fourth-order valence-electron chi connectivity index (χ4n) is 3.56. The van der Waals surface area contributed by atoms with Crippen molar-refractivity contribution < 1.29 is 9.18 Å². The molecule has 2 saturated heterocycles. The number of amides is 1. The minimum Gasteiger partial charge on any atom is -0.338 e. The van der Waals surface area contributed by atoms with Crippen LogP contribution in [0.1, 0.15) is 29.6 Å². The van der Waals surface area contributed by atoms with Crippen molar-refractivity contribution in [2.45, 2.75) is 25.3 Å². The number of piperidine rings is 2. The van der Waals surface area contributed by atoms with Gasteiger partial charge in [-0.15, -0.1) is 0 Å². The van der Waals surface area contributed by atoms with Crippen LogP contribution in [0.5, 0.6) is 0 Å². The summed E-state index contributed by atoms with van der Waals surface area (Å²) in [5.74, 6) is -0.201. The van der Waals surface area contributed by atoms with Gasteiger partial charge in [0.05, 0.1) is 11.8 Å². The predicted octanol–water partition coefficient (Wildman–Crippen LogP) is 1.78. The third kappa shape index (κ3) is 2.42. The number of hydrogen-bond donors (Lipinski definition) is 0. The van der Waals surface area contributed by atoms with E-state index in [1.54, 1.807) is 4.90 Å². The molecule has 108 valence electrons. The molecule has 2 unspecified atom stereocenters. The lowest BCUT2D eigenvalue weighted by Gasteiger charge is -2.46. The highest BCUT2D eigenvalue weighted by Gasteiger charge is 2.36. The summed E-state index contributed by atoms with van der Waals surface area (Å²) in [5.41, 5.74) is 0.141. The Morgan fingerprint density at radius 2 is 2.25 bits per heavy atom. The number of carbonyl (C=O) groups excluding carboxylic acids is 1. The van der Waals surface area contributed by atoms with Gasteiger partial charge >= 0.3 is 0 Å². The monoisotopic (exact) mass is 277 g/mol. The van der Waals surface area contributed by atoms with Crippen molar-refractivity contribution in [1.82, 2.24) is 14.8 Å². The van der Waals surface area contributed by atoms with Crippen molar-refractivity contribution in [3.63, 3.8) is 0 Å². The van der Waals surface area contributed by atoms with E-state index in [-0.39, 0.29) is 11.5 Å². The van der Waals surface area contributed by atoms with Crippen molar-refractivity contribution >= 4 is 5.91 Å². The van der Waals surface area contributed by atoms with E-state index in [0.717, 1.165) is 32.1 Å². The Morgan fingerprint density at radius 3 is 3.05 bits per heavy atom. The van der Waals surface area contributed by atoms with Gasteiger partial charge in [-0.1, -0.05) is 0 Å². The molecule has 5 heteroatoms. The number of halogens is 1. The van der Waals surface area contributed by atoms with Crippen LogP contribution in [0.15, 0.2) is 18.5 Å². The third-order valence-electron chi connectivity index (χ3n) is 4.64. The number of nitrogens with zero attached hydrogens (tertiary/aromatic N) is 3. The predicted molar refractivity (Wildman–Crippen MR) is 73.9 cm³/mol. The van der Waals surface area contributed by atoms with Gasteiger partial charge in [-0.25, -0.2) is 4.39 Å². The van der Waals surface area contributed by atoms with E-state index in [9.17, 15) is 9.18 Å². The summed E-state index contributed by atoms with van der Waals surface area (Å²) in [7, 11) is 2.16. The number of rotatable bonds is 1. The number of aromatic nitrogens is 1. The highest BCUT2D eigenvalue weighted by atomic mass is 19.1. The first-order valence-electron chi connectivity index (χ1n) is 7.26. The molecule has 1 aromatic rings. The van der Waals surface area contributed by atoms with Crippen LogP contribution in [0.25, 0.3) is 0 Å². The zero-order valence-corrected chi connectivity index (χ0v) is 11.8. The maximum Gasteiger partial charge on any atom is 0.256 e. The molecule has 4 nitrogen and oxygen atoms in total. The number of likely N-dealkylation sites (tertiary alicyclic amines) is 2. The SMILES string of the molecule is CN1CCCC2CN(C(=O)c3ccncc3F)CCC21. The summed E-state index contributed by atoms with van der Waals surface area (Å²) >= 11 is 0. The van der Waals surface area contributed by atoms with Crippen LogP contribution < -0.4 is 0 Å². The van der Waals surface area contributed by atoms with Gasteiger partial charge < -0.3 is 9.80 Å². The smallest absolute Gasteiger partial charge is 0.256 e. The molecule has 1 aromatic heterocycles. The molecule has 2 fully saturated rings. The highest BCUT2D eigenvalue weighted by Crippen LogP contribution is 2.30. The normalized spacial score (nSPS) is 27.2. The molecule has 0 radical (unpaired) electrons. The molecule has 0 N–H and O–H groups in total. The van der Waals surface area contributed by atoms with E-state index in [1.165, 1.54) is 18.7 Å². The number of carbonyl (C=O) groups is 1. The molecular formula is C15H20FN3O. The molecule has 1 amide bonds. The Morgan fingerprint density at radius 1 is 1.40 bits per heavy atom. The maximum absolute atomic E-state index is 13.7. The number of hydrogen-bond acceptors (Lipinski definition) is 3. The van der Waals surface area contributed by atoms with Gasteiger partial charge in [-0.2, -0.15) is 0 Å². The van der Waals surface area contributed by atoms with Crippen LogP contribution in [0, 0.1) is 11.7 Å². The minimum absolute atomic E-state index is 0.141. The van der Waals surface area contributed by atoms with Crippen LogP contribution in [0.4, 0.5) is 4.39 Å². The van der Waals surface area contributed by atoms with Crippen molar-refractivity contribution in [2.75, 3.05) is 26.7 Å². The fraction of sp³-hybridized carbons (Fsp3) is 0.600. The second-order valence-electron chi connectivity index (χ2n) is 5.85. The second kappa shape index (κ2) is 5.48. The molecule has 2 atom stereocenters. The highest BCUT2D eigenvalue weighted by molar-refractivity contribution is 5.94. The third-order valence-corrected chi connectivity index (χ3v) is 4.64. The Balaban J connectivity index is 1.73. The van der Waals surface area contributed by atoms with Crippen molar-refractivity contribution in [3.8, 4) is 0 Å². The summed E-state index contributed by atoms with van der Waals surface area (Å²) in [6.07, 6.45) is 5.91. The van der Waals surface area contributed by atoms with E-state index >= 15 is 0 Å². The summed E-state index contributed by atoms with van der Waals surface area (Å²) in [5, 5.41) is 0. The average molecular weight is 277 g/mol. The Labute approximate surface area is 118 Å². The van der Waals surface area contributed by atoms with Crippen molar-refractivity contribution in [1.29, 1.82) is 0 Å². The Kier molecular flexibility index (Phi) is 3.70. The summed E-state index contributed by atoms with van der Waals surface area (Å²) < 4.78 is 13.7. The van der Waals surface area contributed by atoms with Gasteiger partial charge in [0.2, 0.25) is 0 Å². The molecule has 0 bridgehead atoms. The van der Waals surface area contributed by atoms with Gasteiger partial charge in [0, 0.05) is 25.3 Å². The summed E-state index contributed by atoms with van der Waals surface area (Å²) in [6, 6.07) is 2.05. The minimum atomic E-state index is -0.527. The summed E-state index contributed by atoms with van der Waals surface area (Å²) in [4.78, 5) is 20.3. The largest absolute Gasteiger partial charge is 0.338 e. The molecule has 20 heavy (non-hydrogen) atoms. The molecule has 3 rings (SSSR count). The van der Waals surface area contributed by atoms with Gasteiger partial charge in [-0.05, 0) is 44.8 Å². The average Bonchev–Trinajstić information content (AvgIpc) is 2.47. The van der Waals surface area contributed by atoms with Crippen LogP contribution in [-0.2, 0) is 0 Å². The molecular weight excluding hydrogens is 257 g/mol. The van der Waals surface area contributed by atoms with E-state index in [0.29, 0.717) is 18.5 Å². The standard InChI is InChI=1S/C15H20FN3O/c1-18-7-2-3-11-10-19(8-5-14(11)18)15(20)12-4-6-17-9-13(12)16/h4,6,9,11,14H,2-3,5,7-8,10H2,1H3. The number of fused-ring (bicyclic) bond motifs is 1. The first-order valence-corrected chi connectivity index (χ1v) is 7.26. The zero-order valence-electron chi connectivity index (χ0n) is 11.8. The number of pyridine rings is 1. The summed E-state index contributed by atoms with van der Waals surface area (Å²) in [6.45, 7) is 2.61. The van der Waals surface area contributed by atoms with Crippen LogP contribution in [0.2, 0.25) is 0 Å².